The molecule has 2 aromatic carbocycles. The number of pyridine rings is 1. The van der Waals surface area contributed by atoms with Crippen LogP contribution in [0.5, 0.6) is 0 Å². The number of nitriles is 1. The van der Waals surface area contributed by atoms with Gasteiger partial charge in [0.1, 0.15) is 22.7 Å². The Balaban J connectivity index is 2.11. The standard InChI is InChI=1S/C16H7Cl2FN4O2/c17-11-5-10(1-2-13(11)19)21-16-9(7-20)3-8-4-15(23(24)25)12(18)6-14(8)22-16/h1-6H,(H,21,22). The van der Waals surface area contributed by atoms with Gasteiger partial charge in [-0.3, -0.25) is 10.1 Å². The number of anilines is 2. The fourth-order valence-corrected chi connectivity index (χ4v) is 2.62. The van der Waals surface area contributed by atoms with Crippen molar-refractivity contribution in [3.63, 3.8) is 0 Å². The second-order valence-corrected chi connectivity index (χ2v) is 5.82. The van der Waals surface area contributed by atoms with Gasteiger partial charge in [0, 0.05) is 17.1 Å². The van der Waals surface area contributed by atoms with Gasteiger partial charge in [0.05, 0.1) is 21.0 Å². The van der Waals surface area contributed by atoms with Gasteiger partial charge in [-0.1, -0.05) is 23.2 Å². The smallest absolute Gasteiger partial charge is 0.288 e. The van der Waals surface area contributed by atoms with E-state index in [2.05, 4.69) is 10.3 Å². The Kier molecular flexibility index (Phi) is 4.40. The van der Waals surface area contributed by atoms with Gasteiger partial charge in [0.25, 0.3) is 5.69 Å². The maximum atomic E-state index is 13.2. The molecule has 3 aromatic rings. The van der Waals surface area contributed by atoms with E-state index in [1.54, 1.807) is 0 Å². The first-order valence-corrected chi connectivity index (χ1v) is 7.55. The van der Waals surface area contributed by atoms with E-state index in [0.717, 1.165) is 0 Å². The third kappa shape index (κ3) is 3.31. The molecule has 0 radical (unpaired) electrons. The lowest BCUT2D eigenvalue weighted by atomic mass is 10.1. The molecule has 1 heterocycles. The van der Waals surface area contributed by atoms with E-state index in [-0.39, 0.29) is 27.1 Å². The van der Waals surface area contributed by atoms with Crippen molar-refractivity contribution in [2.45, 2.75) is 0 Å². The van der Waals surface area contributed by atoms with Crippen molar-refractivity contribution in [3.05, 3.63) is 67.9 Å². The Morgan fingerprint density at radius 3 is 2.60 bits per heavy atom. The monoisotopic (exact) mass is 376 g/mol. The van der Waals surface area contributed by atoms with Gasteiger partial charge >= 0.3 is 0 Å². The first-order chi connectivity index (χ1) is 11.9. The minimum absolute atomic E-state index is 0.0644. The summed E-state index contributed by atoms with van der Waals surface area (Å²) in [6.45, 7) is 0. The molecule has 0 saturated heterocycles. The van der Waals surface area contributed by atoms with Crippen molar-refractivity contribution in [2.75, 3.05) is 5.32 Å². The number of nitrogens with zero attached hydrogens (tertiary/aromatic N) is 3. The summed E-state index contributed by atoms with van der Waals surface area (Å²) in [4.78, 5) is 14.6. The minimum Gasteiger partial charge on any atom is -0.339 e. The maximum absolute atomic E-state index is 13.2. The lowest BCUT2D eigenvalue weighted by Gasteiger charge is -2.10. The number of nitrogens with one attached hydrogen (secondary N) is 1. The number of fused-ring (bicyclic) bond motifs is 1. The molecule has 0 saturated carbocycles. The molecule has 0 atom stereocenters. The third-order valence-corrected chi connectivity index (χ3v) is 3.98. The molecule has 0 amide bonds. The van der Waals surface area contributed by atoms with Crippen molar-refractivity contribution >= 4 is 51.3 Å². The summed E-state index contributed by atoms with van der Waals surface area (Å²) in [6.07, 6.45) is 0. The van der Waals surface area contributed by atoms with Crippen LogP contribution < -0.4 is 5.32 Å². The molecule has 124 valence electrons. The lowest BCUT2D eigenvalue weighted by Crippen LogP contribution is -1.99. The lowest BCUT2D eigenvalue weighted by molar-refractivity contribution is -0.384. The molecule has 0 aliphatic heterocycles. The molecule has 0 spiro atoms. The molecule has 0 aliphatic rings. The van der Waals surface area contributed by atoms with Gasteiger partial charge in [-0.15, -0.1) is 0 Å². The van der Waals surface area contributed by atoms with Crippen LogP contribution in [0, 0.1) is 27.3 Å². The number of hydrogen-bond donors (Lipinski definition) is 1. The molecular weight excluding hydrogens is 370 g/mol. The molecular formula is C16H7Cl2FN4O2. The summed E-state index contributed by atoms with van der Waals surface area (Å²) in [6, 6.07) is 9.99. The zero-order valence-electron chi connectivity index (χ0n) is 12.3. The van der Waals surface area contributed by atoms with Gasteiger partial charge < -0.3 is 5.32 Å². The highest BCUT2D eigenvalue weighted by atomic mass is 35.5. The molecule has 0 aliphatic carbocycles. The number of halogens is 3. The largest absolute Gasteiger partial charge is 0.339 e. The van der Waals surface area contributed by atoms with Crippen LogP contribution in [0.4, 0.5) is 21.6 Å². The van der Waals surface area contributed by atoms with E-state index >= 15 is 0 Å². The number of benzene rings is 2. The zero-order chi connectivity index (χ0) is 18.1. The van der Waals surface area contributed by atoms with Crippen molar-refractivity contribution in [1.82, 2.24) is 4.98 Å². The Morgan fingerprint density at radius 1 is 1.20 bits per heavy atom. The van der Waals surface area contributed by atoms with E-state index in [1.165, 1.54) is 36.4 Å². The van der Waals surface area contributed by atoms with Crippen LogP contribution in [0.1, 0.15) is 5.56 Å². The number of rotatable bonds is 3. The van der Waals surface area contributed by atoms with Crippen LogP contribution in [0.3, 0.4) is 0 Å². The Labute approximate surface area is 150 Å². The van der Waals surface area contributed by atoms with Crippen LogP contribution in [0.25, 0.3) is 10.9 Å². The molecule has 25 heavy (non-hydrogen) atoms. The van der Waals surface area contributed by atoms with Crippen LogP contribution in [-0.4, -0.2) is 9.91 Å². The fraction of sp³-hybridized carbons (Fsp3) is 0. The van der Waals surface area contributed by atoms with Gasteiger partial charge in [0.15, 0.2) is 0 Å². The highest BCUT2D eigenvalue weighted by Gasteiger charge is 2.16. The van der Waals surface area contributed by atoms with Gasteiger partial charge in [-0.2, -0.15) is 5.26 Å². The van der Waals surface area contributed by atoms with Crippen molar-refractivity contribution in [2.24, 2.45) is 0 Å². The van der Waals surface area contributed by atoms with Crippen LogP contribution in [-0.2, 0) is 0 Å². The second-order valence-electron chi connectivity index (χ2n) is 5.00. The van der Waals surface area contributed by atoms with Crippen molar-refractivity contribution < 1.29 is 9.31 Å². The Hall–Kier alpha value is -2.95. The summed E-state index contributed by atoms with van der Waals surface area (Å²) in [5.74, 6) is -0.374. The first-order valence-electron chi connectivity index (χ1n) is 6.80. The maximum Gasteiger partial charge on any atom is 0.288 e. The average molecular weight is 377 g/mol. The van der Waals surface area contributed by atoms with Gasteiger partial charge in [-0.05, 0) is 30.3 Å². The van der Waals surface area contributed by atoms with Crippen LogP contribution in [0.15, 0.2) is 36.4 Å². The Bertz CT molecular complexity index is 1070. The van der Waals surface area contributed by atoms with Gasteiger partial charge in [-0.25, -0.2) is 9.37 Å². The van der Waals surface area contributed by atoms with Gasteiger partial charge in [0.2, 0.25) is 0 Å². The van der Waals surface area contributed by atoms with Crippen molar-refractivity contribution in [3.8, 4) is 6.07 Å². The van der Waals surface area contributed by atoms with Crippen molar-refractivity contribution in [1.29, 1.82) is 5.26 Å². The average Bonchev–Trinajstić information content (AvgIpc) is 2.57. The zero-order valence-corrected chi connectivity index (χ0v) is 13.8. The molecule has 1 aromatic heterocycles. The summed E-state index contributed by atoms with van der Waals surface area (Å²) in [7, 11) is 0. The summed E-state index contributed by atoms with van der Waals surface area (Å²) in [5.41, 5.74) is 0.684. The minimum atomic E-state index is -0.611. The molecule has 0 unspecified atom stereocenters. The molecule has 6 nitrogen and oxygen atoms in total. The highest BCUT2D eigenvalue weighted by Crippen LogP contribution is 2.32. The van der Waals surface area contributed by atoms with E-state index in [9.17, 15) is 19.8 Å². The number of nitro benzene ring substituents is 1. The third-order valence-electron chi connectivity index (χ3n) is 3.38. The summed E-state index contributed by atoms with van der Waals surface area (Å²) in [5, 5.41) is 23.4. The summed E-state index contributed by atoms with van der Waals surface area (Å²) >= 11 is 11.6. The number of aromatic nitrogens is 1. The van der Waals surface area contributed by atoms with E-state index in [1.807, 2.05) is 6.07 Å². The predicted molar refractivity (Wildman–Crippen MR) is 92.8 cm³/mol. The molecule has 3 rings (SSSR count). The normalized spacial score (nSPS) is 10.5. The SMILES string of the molecule is N#Cc1cc2cc([N+](=O)[O-])c(Cl)cc2nc1Nc1ccc(F)c(Cl)c1. The fourth-order valence-electron chi connectivity index (χ4n) is 2.22. The summed E-state index contributed by atoms with van der Waals surface area (Å²) < 4.78 is 13.2. The molecule has 0 fully saturated rings. The quantitative estimate of drug-likeness (QED) is 0.500. The second kappa shape index (κ2) is 6.51. The Morgan fingerprint density at radius 2 is 1.96 bits per heavy atom. The highest BCUT2D eigenvalue weighted by molar-refractivity contribution is 6.33. The molecule has 1 N–H and O–H groups in total. The van der Waals surface area contributed by atoms with E-state index in [4.69, 9.17) is 23.2 Å². The van der Waals surface area contributed by atoms with E-state index in [0.29, 0.717) is 16.6 Å². The van der Waals surface area contributed by atoms with Crippen LogP contribution in [0.2, 0.25) is 10.0 Å². The molecule has 9 heteroatoms. The van der Waals surface area contributed by atoms with Crippen LogP contribution >= 0.6 is 23.2 Å². The first kappa shape index (κ1) is 16.9. The molecule has 0 bridgehead atoms. The number of nitro groups is 1. The number of hydrogen-bond acceptors (Lipinski definition) is 5. The predicted octanol–water partition coefficient (Wildman–Crippen LogP) is 5.20. The van der Waals surface area contributed by atoms with E-state index < -0.39 is 10.7 Å². The topological polar surface area (TPSA) is 91.8 Å².